The van der Waals surface area contributed by atoms with Crippen molar-refractivity contribution in [3.05, 3.63) is 18.1 Å². The second-order valence-corrected chi connectivity index (χ2v) is 6.01. The maximum atomic E-state index is 12.1. The molecule has 2 atom stereocenters. The van der Waals surface area contributed by atoms with Crippen LogP contribution in [0.5, 0.6) is 0 Å². The lowest BCUT2D eigenvalue weighted by molar-refractivity contribution is -0.172. The number of fused-ring (bicyclic) bond motifs is 2. The van der Waals surface area contributed by atoms with Crippen LogP contribution in [0.1, 0.15) is 33.6 Å². The van der Waals surface area contributed by atoms with Gasteiger partial charge in [0, 0.05) is 17.5 Å². The molecule has 1 saturated carbocycles. The molecule has 19 heavy (non-hydrogen) atoms. The number of anilines is 1. The highest BCUT2D eigenvalue weighted by Gasteiger charge is 2.60. The molecule has 1 saturated heterocycles. The van der Waals surface area contributed by atoms with Crippen molar-refractivity contribution in [2.45, 2.75) is 39.2 Å². The maximum absolute atomic E-state index is 12.1. The van der Waals surface area contributed by atoms with Crippen LogP contribution < -0.4 is 5.32 Å². The Bertz CT molecular complexity index is 535. The minimum absolute atomic E-state index is 0.0458. The van der Waals surface area contributed by atoms with Gasteiger partial charge in [-0.25, -0.2) is 9.89 Å². The van der Waals surface area contributed by atoms with Crippen molar-refractivity contribution in [1.82, 2.24) is 15.2 Å². The molecule has 6 heteroatoms. The van der Waals surface area contributed by atoms with Crippen molar-refractivity contribution < 1.29 is 9.53 Å². The molecule has 2 fully saturated rings. The van der Waals surface area contributed by atoms with E-state index in [2.05, 4.69) is 34.3 Å². The molecule has 0 radical (unpaired) electrons. The highest BCUT2D eigenvalue weighted by molar-refractivity contribution is 5.91. The lowest BCUT2D eigenvalue weighted by Gasteiger charge is -2.45. The Kier molecular flexibility index (Phi) is 2.45. The summed E-state index contributed by atoms with van der Waals surface area (Å²) >= 11 is 0. The van der Waals surface area contributed by atoms with Crippen molar-refractivity contribution >= 4 is 11.9 Å². The van der Waals surface area contributed by atoms with Gasteiger partial charge in [-0.1, -0.05) is 13.8 Å². The third-order valence-corrected chi connectivity index (χ3v) is 4.85. The fourth-order valence-electron chi connectivity index (χ4n) is 3.18. The maximum Gasteiger partial charge on any atom is 0.336 e. The number of carbonyl (C=O) groups is 1. The van der Waals surface area contributed by atoms with Gasteiger partial charge in [0.1, 0.15) is 11.9 Å². The van der Waals surface area contributed by atoms with Crippen LogP contribution in [-0.2, 0) is 9.53 Å². The third-order valence-electron chi connectivity index (χ3n) is 4.85. The minimum Gasteiger partial charge on any atom is -0.455 e. The Labute approximate surface area is 111 Å². The normalized spacial score (nSPS) is 34.4. The zero-order chi connectivity index (χ0) is 13.7. The number of ether oxygens (including phenoxy) is 1. The second-order valence-electron chi connectivity index (χ2n) is 6.01. The molecule has 3 rings (SSSR count). The van der Waals surface area contributed by atoms with Crippen molar-refractivity contribution in [1.29, 1.82) is 0 Å². The SMILES string of the molecule is CC1(C)[C@@H]2CC[C@@]1(C)OC(=O)/C2=C/Nc1ncn[nH]1. The molecule has 2 heterocycles. The first-order chi connectivity index (χ1) is 8.94. The summed E-state index contributed by atoms with van der Waals surface area (Å²) in [6.07, 6.45) is 4.99. The molecular weight excluding hydrogens is 244 g/mol. The molecule has 6 nitrogen and oxygen atoms in total. The zero-order valence-corrected chi connectivity index (χ0v) is 11.4. The summed E-state index contributed by atoms with van der Waals surface area (Å²) in [4.78, 5) is 16.1. The van der Waals surface area contributed by atoms with E-state index in [0.717, 1.165) is 12.8 Å². The Morgan fingerprint density at radius 2 is 2.32 bits per heavy atom. The first-order valence-electron chi connectivity index (χ1n) is 6.49. The molecular formula is C13H18N4O2. The number of nitrogens with zero attached hydrogens (tertiary/aromatic N) is 2. The van der Waals surface area contributed by atoms with Crippen LogP contribution >= 0.6 is 0 Å². The summed E-state index contributed by atoms with van der Waals surface area (Å²) < 4.78 is 5.67. The van der Waals surface area contributed by atoms with Gasteiger partial charge in [-0.3, -0.25) is 0 Å². The quantitative estimate of drug-likeness (QED) is 0.628. The van der Waals surface area contributed by atoms with Gasteiger partial charge in [-0.05, 0) is 19.8 Å². The van der Waals surface area contributed by atoms with Crippen molar-refractivity contribution in [3.63, 3.8) is 0 Å². The number of rotatable bonds is 2. The van der Waals surface area contributed by atoms with Crippen LogP contribution in [0.3, 0.4) is 0 Å². The molecule has 2 aliphatic rings. The average Bonchev–Trinajstić information content (AvgIpc) is 2.87. The molecule has 0 aromatic carbocycles. The average molecular weight is 262 g/mol. The number of hydrogen-bond acceptors (Lipinski definition) is 5. The summed E-state index contributed by atoms with van der Waals surface area (Å²) in [7, 11) is 0. The monoisotopic (exact) mass is 262 g/mol. The van der Waals surface area contributed by atoms with Gasteiger partial charge in [0.25, 0.3) is 0 Å². The lowest BCUT2D eigenvalue weighted by Crippen LogP contribution is -2.49. The summed E-state index contributed by atoms with van der Waals surface area (Å²) in [6.45, 7) is 6.37. The van der Waals surface area contributed by atoms with E-state index >= 15 is 0 Å². The largest absolute Gasteiger partial charge is 0.455 e. The van der Waals surface area contributed by atoms with E-state index in [9.17, 15) is 4.79 Å². The fourth-order valence-corrected chi connectivity index (χ4v) is 3.18. The van der Waals surface area contributed by atoms with Gasteiger partial charge < -0.3 is 10.1 Å². The van der Waals surface area contributed by atoms with E-state index in [1.54, 1.807) is 6.20 Å². The molecule has 102 valence electrons. The van der Waals surface area contributed by atoms with Gasteiger partial charge in [0.2, 0.25) is 5.95 Å². The molecule has 1 aromatic rings. The Balaban J connectivity index is 1.90. The highest BCUT2D eigenvalue weighted by atomic mass is 16.6. The third kappa shape index (κ3) is 1.66. The number of aromatic amines is 1. The van der Waals surface area contributed by atoms with Gasteiger partial charge in [-0.15, -0.1) is 0 Å². The molecule has 0 unspecified atom stereocenters. The van der Waals surface area contributed by atoms with Crippen LogP contribution in [0.4, 0.5) is 5.95 Å². The van der Waals surface area contributed by atoms with Crippen molar-refractivity contribution in [3.8, 4) is 0 Å². The molecule has 1 aliphatic carbocycles. The summed E-state index contributed by atoms with van der Waals surface area (Å²) in [5, 5.41) is 9.41. The van der Waals surface area contributed by atoms with Gasteiger partial charge >= 0.3 is 5.97 Å². The van der Waals surface area contributed by atoms with Crippen LogP contribution in [0.25, 0.3) is 0 Å². The van der Waals surface area contributed by atoms with Gasteiger partial charge in [0.05, 0.1) is 5.57 Å². The van der Waals surface area contributed by atoms with E-state index in [1.165, 1.54) is 6.33 Å². The molecule has 1 aromatic heterocycles. The first kappa shape index (κ1) is 12.2. The Hall–Kier alpha value is -1.85. The van der Waals surface area contributed by atoms with Crippen molar-refractivity contribution in [2.24, 2.45) is 11.3 Å². The number of hydrogen-bond donors (Lipinski definition) is 2. The number of aromatic nitrogens is 3. The molecule has 2 N–H and O–H groups in total. The molecule has 0 spiro atoms. The summed E-state index contributed by atoms with van der Waals surface area (Å²) in [5.41, 5.74) is 0.296. The molecule has 0 amide bonds. The number of H-pyrrole nitrogens is 1. The predicted molar refractivity (Wildman–Crippen MR) is 69.1 cm³/mol. The van der Waals surface area contributed by atoms with Crippen LogP contribution in [0.2, 0.25) is 0 Å². The predicted octanol–water partition coefficient (Wildman–Crippen LogP) is 1.85. The van der Waals surface area contributed by atoms with E-state index in [-0.39, 0.29) is 22.9 Å². The van der Waals surface area contributed by atoms with Crippen LogP contribution in [-0.4, -0.2) is 26.8 Å². The number of esters is 1. The Morgan fingerprint density at radius 3 is 3.00 bits per heavy atom. The Morgan fingerprint density at radius 1 is 1.53 bits per heavy atom. The standard InChI is InChI=1S/C13H18N4O2/c1-12(2)9-4-5-13(12,3)19-10(18)8(9)6-14-11-15-7-16-17-11/h6-7,9H,4-5H2,1-3H3,(H2,14,15,16,17)/b8-6+/t9-,13-/m1/s1. The van der Waals surface area contributed by atoms with Crippen LogP contribution in [0, 0.1) is 11.3 Å². The highest BCUT2D eigenvalue weighted by Crippen LogP contribution is 2.58. The van der Waals surface area contributed by atoms with Gasteiger partial charge in [-0.2, -0.15) is 10.1 Å². The molecule has 1 aliphatic heterocycles. The van der Waals surface area contributed by atoms with Crippen molar-refractivity contribution in [2.75, 3.05) is 5.32 Å². The zero-order valence-electron chi connectivity index (χ0n) is 11.4. The van der Waals surface area contributed by atoms with E-state index in [0.29, 0.717) is 11.5 Å². The summed E-state index contributed by atoms with van der Waals surface area (Å²) in [5.74, 6) is 0.509. The van der Waals surface area contributed by atoms with E-state index in [4.69, 9.17) is 4.74 Å². The first-order valence-corrected chi connectivity index (χ1v) is 6.49. The topological polar surface area (TPSA) is 79.9 Å². The van der Waals surface area contributed by atoms with E-state index < -0.39 is 0 Å². The summed E-state index contributed by atoms with van der Waals surface area (Å²) in [6, 6.07) is 0. The van der Waals surface area contributed by atoms with Gasteiger partial charge in [0.15, 0.2) is 0 Å². The van der Waals surface area contributed by atoms with E-state index in [1.807, 2.05) is 6.92 Å². The second kappa shape index (κ2) is 3.82. The smallest absolute Gasteiger partial charge is 0.336 e. The van der Waals surface area contributed by atoms with Crippen LogP contribution in [0.15, 0.2) is 18.1 Å². The minimum atomic E-state index is -0.349. The number of carbonyl (C=O) groups excluding carboxylic acids is 1. The molecule has 2 bridgehead atoms. The number of nitrogens with one attached hydrogen (secondary N) is 2. The fraction of sp³-hybridized carbons (Fsp3) is 0.615. The lowest BCUT2D eigenvalue weighted by atomic mass is 9.69.